The lowest BCUT2D eigenvalue weighted by Crippen LogP contribution is -2.39. The molecule has 1 atom stereocenters. The Hall–Kier alpha value is -1.32. The van der Waals surface area contributed by atoms with Gasteiger partial charge in [-0.05, 0) is 19.1 Å². The Labute approximate surface area is 115 Å². The number of para-hydroxylation sites is 1. The van der Waals surface area contributed by atoms with Gasteiger partial charge in [-0.1, -0.05) is 12.1 Å². The standard InChI is InChI=1S/C11H15F3N2O3S/c1-8(7-15)16(2)20(17,18)10-6-4-3-5-9(10)19-11(12,13)14/h3-6,8H,7,15H2,1-2H3. The molecule has 114 valence electrons. The lowest BCUT2D eigenvalue weighted by molar-refractivity contribution is -0.275. The third-order valence-corrected chi connectivity index (χ3v) is 4.70. The van der Waals surface area contributed by atoms with Crippen LogP contribution in [0, 0.1) is 0 Å². The summed E-state index contributed by atoms with van der Waals surface area (Å²) < 4.78 is 66.0. The Kier molecular flexibility index (Phi) is 5.00. The molecule has 0 radical (unpaired) electrons. The largest absolute Gasteiger partial charge is 0.573 e. The van der Waals surface area contributed by atoms with Crippen molar-refractivity contribution in [1.29, 1.82) is 0 Å². The van der Waals surface area contributed by atoms with Crippen LogP contribution in [-0.2, 0) is 10.0 Å². The summed E-state index contributed by atoms with van der Waals surface area (Å²) in [4.78, 5) is -0.555. The van der Waals surface area contributed by atoms with Gasteiger partial charge in [-0.25, -0.2) is 8.42 Å². The molecule has 0 heterocycles. The van der Waals surface area contributed by atoms with Gasteiger partial charge in [0.05, 0.1) is 0 Å². The molecule has 1 aromatic carbocycles. The minimum absolute atomic E-state index is 0.0397. The van der Waals surface area contributed by atoms with E-state index in [9.17, 15) is 21.6 Å². The maximum atomic E-state index is 12.3. The van der Waals surface area contributed by atoms with Gasteiger partial charge in [-0.2, -0.15) is 4.31 Å². The van der Waals surface area contributed by atoms with Crippen molar-refractivity contribution < 1.29 is 26.3 Å². The maximum absolute atomic E-state index is 12.3. The van der Waals surface area contributed by atoms with Gasteiger partial charge in [-0.15, -0.1) is 13.2 Å². The highest BCUT2D eigenvalue weighted by atomic mass is 32.2. The molecular formula is C11H15F3N2O3S. The Morgan fingerprint density at radius 2 is 1.90 bits per heavy atom. The zero-order chi connectivity index (χ0) is 15.6. The number of likely N-dealkylation sites (N-methyl/N-ethyl adjacent to an activating group) is 1. The summed E-state index contributed by atoms with van der Waals surface area (Å²) in [6, 6.07) is 4.01. The highest BCUT2D eigenvalue weighted by Crippen LogP contribution is 2.31. The van der Waals surface area contributed by atoms with Gasteiger partial charge in [-0.3, -0.25) is 0 Å². The highest BCUT2D eigenvalue weighted by molar-refractivity contribution is 7.89. The second kappa shape index (κ2) is 5.98. The molecule has 1 aromatic rings. The number of benzene rings is 1. The minimum atomic E-state index is -4.97. The third kappa shape index (κ3) is 3.84. The number of rotatable bonds is 5. The van der Waals surface area contributed by atoms with Crippen molar-refractivity contribution in [2.75, 3.05) is 13.6 Å². The van der Waals surface area contributed by atoms with Gasteiger partial charge in [0.2, 0.25) is 10.0 Å². The Morgan fingerprint density at radius 3 is 2.40 bits per heavy atom. The molecule has 2 N–H and O–H groups in total. The average molecular weight is 312 g/mol. The second-order valence-electron chi connectivity index (χ2n) is 4.10. The van der Waals surface area contributed by atoms with E-state index in [2.05, 4.69) is 4.74 Å². The molecule has 0 aliphatic heterocycles. The van der Waals surface area contributed by atoms with Crippen molar-refractivity contribution in [2.45, 2.75) is 24.2 Å². The van der Waals surface area contributed by atoms with E-state index >= 15 is 0 Å². The summed E-state index contributed by atoms with van der Waals surface area (Å²) in [5, 5.41) is 0. The summed E-state index contributed by atoms with van der Waals surface area (Å²) in [6.07, 6.45) is -4.97. The highest BCUT2D eigenvalue weighted by Gasteiger charge is 2.35. The van der Waals surface area contributed by atoms with E-state index in [0.29, 0.717) is 0 Å². The minimum Gasteiger partial charge on any atom is -0.404 e. The first-order valence-corrected chi connectivity index (χ1v) is 7.06. The van der Waals surface area contributed by atoms with Crippen molar-refractivity contribution in [3.05, 3.63) is 24.3 Å². The van der Waals surface area contributed by atoms with E-state index in [1.165, 1.54) is 19.2 Å². The van der Waals surface area contributed by atoms with Crippen molar-refractivity contribution in [1.82, 2.24) is 4.31 Å². The van der Waals surface area contributed by atoms with Gasteiger partial charge >= 0.3 is 6.36 Å². The summed E-state index contributed by atoms with van der Waals surface area (Å²) in [5.74, 6) is -0.768. The number of nitrogens with zero attached hydrogens (tertiary/aromatic N) is 1. The zero-order valence-electron chi connectivity index (χ0n) is 10.9. The average Bonchev–Trinajstić information content (AvgIpc) is 2.35. The Balaban J connectivity index is 3.26. The molecule has 9 heteroatoms. The van der Waals surface area contributed by atoms with Crippen LogP contribution in [0.1, 0.15) is 6.92 Å². The number of sulfonamides is 1. The fourth-order valence-electron chi connectivity index (χ4n) is 1.41. The number of ether oxygens (including phenoxy) is 1. The van der Waals surface area contributed by atoms with E-state index < -0.39 is 33.1 Å². The fraction of sp³-hybridized carbons (Fsp3) is 0.455. The van der Waals surface area contributed by atoms with Crippen molar-refractivity contribution >= 4 is 10.0 Å². The zero-order valence-corrected chi connectivity index (χ0v) is 11.7. The predicted molar refractivity (Wildman–Crippen MR) is 66.6 cm³/mol. The summed E-state index contributed by atoms with van der Waals surface area (Å²) in [7, 11) is -2.88. The second-order valence-corrected chi connectivity index (χ2v) is 6.07. The summed E-state index contributed by atoms with van der Waals surface area (Å²) in [6.45, 7) is 1.59. The number of hydrogen-bond acceptors (Lipinski definition) is 4. The normalized spacial score (nSPS) is 14.3. The molecule has 1 unspecified atom stereocenters. The van der Waals surface area contributed by atoms with Gasteiger partial charge in [0, 0.05) is 19.6 Å². The van der Waals surface area contributed by atoms with Crippen LogP contribution in [0.5, 0.6) is 5.75 Å². The predicted octanol–water partition coefficient (Wildman–Crippen LogP) is 1.55. The maximum Gasteiger partial charge on any atom is 0.573 e. The molecule has 1 rings (SSSR count). The van der Waals surface area contributed by atoms with Crippen molar-refractivity contribution in [3.63, 3.8) is 0 Å². The fourth-order valence-corrected chi connectivity index (χ4v) is 2.90. The Bertz CT molecular complexity index is 560. The van der Waals surface area contributed by atoms with E-state index in [4.69, 9.17) is 5.73 Å². The number of hydrogen-bond donors (Lipinski definition) is 1. The first-order valence-electron chi connectivity index (χ1n) is 5.62. The summed E-state index contributed by atoms with van der Waals surface area (Å²) >= 11 is 0. The van der Waals surface area contributed by atoms with Crippen LogP contribution >= 0.6 is 0 Å². The van der Waals surface area contributed by atoms with E-state index in [1.54, 1.807) is 6.92 Å². The molecule has 0 aliphatic rings. The molecular weight excluding hydrogens is 297 g/mol. The monoisotopic (exact) mass is 312 g/mol. The van der Waals surface area contributed by atoms with Gasteiger partial charge in [0.25, 0.3) is 0 Å². The molecule has 0 aliphatic carbocycles. The van der Waals surface area contributed by atoms with E-state index in [1.807, 2.05) is 0 Å². The van der Waals surface area contributed by atoms with Gasteiger partial charge in [0.15, 0.2) is 0 Å². The van der Waals surface area contributed by atoms with E-state index in [-0.39, 0.29) is 6.54 Å². The van der Waals surface area contributed by atoms with Crippen LogP contribution in [0.3, 0.4) is 0 Å². The lowest BCUT2D eigenvalue weighted by Gasteiger charge is -2.24. The molecule has 0 spiro atoms. The van der Waals surface area contributed by atoms with Crippen LogP contribution in [0.4, 0.5) is 13.2 Å². The lowest BCUT2D eigenvalue weighted by atomic mass is 10.3. The van der Waals surface area contributed by atoms with Crippen LogP contribution in [0.15, 0.2) is 29.2 Å². The van der Waals surface area contributed by atoms with Crippen LogP contribution in [0.2, 0.25) is 0 Å². The first kappa shape index (κ1) is 16.7. The number of halogens is 3. The smallest absolute Gasteiger partial charge is 0.404 e. The quantitative estimate of drug-likeness (QED) is 0.895. The van der Waals surface area contributed by atoms with Gasteiger partial charge < -0.3 is 10.5 Å². The van der Waals surface area contributed by atoms with Crippen LogP contribution < -0.4 is 10.5 Å². The van der Waals surface area contributed by atoms with Crippen molar-refractivity contribution in [2.24, 2.45) is 5.73 Å². The SMILES string of the molecule is CC(CN)N(C)S(=O)(=O)c1ccccc1OC(F)(F)F. The van der Waals surface area contributed by atoms with Crippen LogP contribution in [-0.4, -0.2) is 38.7 Å². The number of nitrogens with two attached hydrogens (primary N) is 1. The van der Waals surface area contributed by atoms with Crippen LogP contribution in [0.25, 0.3) is 0 Å². The molecule has 5 nitrogen and oxygen atoms in total. The molecule has 0 saturated heterocycles. The molecule has 0 amide bonds. The summed E-state index contributed by atoms with van der Waals surface area (Å²) in [5.41, 5.74) is 5.37. The van der Waals surface area contributed by atoms with Gasteiger partial charge in [0.1, 0.15) is 10.6 Å². The third-order valence-electron chi connectivity index (χ3n) is 2.69. The van der Waals surface area contributed by atoms with Crippen molar-refractivity contribution in [3.8, 4) is 5.75 Å². The molecule has 0 fully saturated rings. The van der Waals surface area contributed by atoms with E-state index in [0.717, 1.165) is 16.4 Å². The first-order chi connectivity index (χ1) is 9.09. The molecule has 0 saturated carbocycles. The molecule has 0 aromatic heterocycles. The Morgan fingerprint density at radius 1 is 1.35 bits per heavy atom. The molecule has 0 bridgehead atoms. The topological polar surface area (TPSA) is 72.6 Å². The number of alkyl halides is 3. The molecule has 20 heavy (non-hydrogen) atoms.